The number of carbonyl (C=O) groups excluding carboxylic acids is 1. The molecule has 0 N–H and O–H groups in total. The van der Waals surface area contributed by atoms with Crippen molar-refractivity contribution in [3.63, 3.8) is 0 Å². The van der Waals surface area contributed by atoms with E-state index in [1.54, 1.807) is 24.3 Å². The standard InChI is InChI=1S/C12H12N2O2S/c1-2-14-8-9-17-11(14)13-12(15)16-10-6-4-3-5-7-10/h3-9H,2H2,1H3. The molecular formula is C12H12N2O2S. The number of carbonyl (C=O) groups is 1. The van der Waals surface area contributed by atoms with Gasteiger partial charge in [0.05, 0.1) is 0 Å². The smallest absolute Gasteiger partial charge is 0.409 e. The summed E-state index contributed by atoms with van der Waals surface area (Å²) < 4.78 is 6.96. The predicted molar refractivity (Wildman–Crippen MR) is 66.0 cm³/mol. The second kappa shape index (κ2) is 5.45. The lowest BCUT2D eigenvalue weighted by Gasteiger charge is -1.99. The molecule has 0 atom stereocenters. The average molecular weight is 248 g/mol. The van der Waals surface area contributed by atoms with Crippen LogP contribution in [-0.2, 0) is 6.54 Å². The van der Waals surface area contributed by atoms with Crippen molar-refractivity contribution in [3.05, 3.63) is 46.7 Å². The highest BCUT2D eigenvalue weighted by molar-refractivity contribution is 7.07. The quantitative estimate of drug-likeness (QED) is 0.820. The largest absolute Gasteiger partial charge is 0.441 e. The van der Waals surface area contributed by atoms with Gasteiger partial charge >= 0.3 is 6.09 Å². The molecule has 0 saturated carbocycles. The molecule has 0 spiro atoms. The number of para-hydroxylation sites is 1. The zero-order chi connectivity index (χ0) is 12.1. The summed E-state index contributed by atoms with van der Waals surface area (Å²) in [6.45, 7) is 2.77. The van der Waals surface area contributed by atoms with Gasteiger partial charge < -0.3 is 9.30 Å². The topological polar surface area (TPSA) is 43.6 Å². The molecule has 0 saturated heterocycles. The molecule has 0 aliphatic carbocycles. The zero-order valence-electron chi connectivity index (χ0n) is 9.37. The normalized spacial score (nSPS) is 11.5. The molecule has 1 heterocycles. The molecule has 0 unspecified atom stereocenters. The zero-order valence-corrected chi connectivity index (χ0v) is 10.2. The van der Waals surface area contributed by atoms with E-state index < -0.39 is 6.09 Å². The monoisotopic (exact) mass is 248 g/mol. The maximum absolute atomic E-state index is 11.6. The van der Waals surface area contributed by atoms with Gasteiger partial charge in [-0.3, -0.25) is 0 Å². The van der Waals surface area contributed by atoms with Gasteiger partial charge in [0.25, 0.3) is 0 Å². The van der Waals surface area contributed by atoms with Gasteiger partial charge in [-0.1, -0.05) is 18.2 Å². The van der Waals surface area contributed by atoms with E-state index >= 15 is 0 Å². The first-order valence-electron chi connectivity index (χ1n) is 5.25. The lowest BCUT2D eigenvalue weighted by molar-refractivity contribution is 0.210. The van der Waals surface area contributed by atoms with Crippen molar-refractivity contribution >= 4 is 17.4 Å². The van der Waals surface area contributed by atoms with Crippen LogP contribution >= 0.6 is 11.3 Å². The van der Waals surface area contributed by atoms with E-state index in [9.17, 15) is 4.79 Å². The molecule has 0 radical (unpaired) electrons. The lowest BCUT2D eigenvalue weighted by Crippen LogP contribution is -2.16. The van der Waals surface area contributed by atoms with E-state index in [2.05, 4.69) is 4.99 Å². The van der Waals surface area contributed by atoms with E-state index in [0.29, 0.717) is 10.6 Å². The van der Waals surface area contributed by atoms with Crippen LogP contribution in [0, 0.1) is 0 Å². The highest BCUT2D eigenvalue weighted by atomic mass is 32.1. The average Bonchev–Trinajstić information content (AvgIpc) is 2.77. The number of aromatic nitrogens is 1. The van der Waals surface area contributed by atoms with Gasteiger partial charge in [-0.05, 0) is 19.1 Å². The van der Waals surface area contributed by atoms with Gasteiger partial charge in [0.15, 0.2) is 4.80 Å². The van der Waals surface area contributed by atoms with E-state index in [-0.39, 0.29) is 0 Å². The van der Waals surface area contributed by atoms with Gasteiger partial charge in [-0.25, -0.2) is 4.79 Å². The molecule has 1 amide bonds. The molecule has 0 fully saturated rings. The van der Waals surface area contributed by atoms with Crippen LogP contribution in [0.25, 0.3) is 0 Å². The first-order chi connectivity index (χ1) is 8.29. The van der Waals surface area contributed by atoms with Gasteiger partial charge in [-0.2, -0.15) is 0 Å². The molecule has 5 heteroatoms. The lowest BCUT2D eigenvalue weighted by atomic mass is 10.3. The summed E-state index contributed by atoms with van der Waals surface area (Å²) in [5.41, 5.74) is 0. The van der Waals surface area contributed by atoms with Crippen molar-refractivity contribution in [3.8, 4) is 5.75 Å². The second-order valence-electron chi connectivity index (χ2n) is 3.26. The van der Waals surface area contributed by atoms with Crippen molar-refractivity contribution in [2.75, 3.05) is 0 Å². The molecule has 2 rings (SSSR count). The third kappa shape index (κ3) is 3.04. The predicted octanol–water partition coefficient (Wildman–Crippen LogP) is 2.67. The summed E-state index contributed by atoms with van der Waals surface area (Å²) in [4.78, 5) is 16.1. The van der Waals surface area contributed by atoms with Crippen LogP contribution in [0.2, 0.25) is 0 Å². The minimum Gasteiger partial charge on any atom is -0.409 e. The Balaban J connectivity index is 2.15. The van der Waals surface area contributed by atoms with Gasteiger partial charge in [-0.15, -0.1) is 16.3 Å². The van der Waals surface area contributed by atoms with Crippen LogP contribution < -0.4 is 9.54 Å². The van der Waals surface area contributed by atoms with Crippen molar-refractivity contribution < 1.29 is 9.53 Å². The number of hydrogen-bond acceptors (Lipinski definition) is 3. The molecule has 0 bridgehead atoms. The maximum atomic E-state index is 11.6. The van der Waals surface area contributed by atoms with Gasteiger partial charge in [0.2, 0.25) is 0 Å². The Bertz CT molecular complexity index is 557. The summed E-state index contributed by atoms with van der Waals surface area (Å²) in [6.07, 6.45) is 1.29. The number of benzene rings is 1. The number of aryl methyl sites for hydroxylation is 1. The molecule has 1 aromatic carbocycles. The fourth-order valence-electron chi connectivity index (χ4n) is 1.32. The highest BCUT2D eigenvalue weighted by Gasteiger charge is 2.02. The van der Waals surface area contributed by atoms with Crippen LogP contribution in [0.1, 0.15) is 6.92 Å². The maximum Gasteiger partial charge on any atom is 0.441 e. The SMILES string of the molecule is CCn1ccsc1=NC(=O)Oc1ccccc1. The fraction of sp³-hybridized carbons (Fsp3) is 0.167. The molecule has 0 aliphatic heterocycles. The number of ether oxygens (including phenoxy) is 1. The van der Waals surface area contributed by atoms with Gasteiger partial charge in [0.1, 0.15) is 5.75 Å². The Hall–Kier alpha value is -1.88. The van der Waals surface area contributed by atoms with Crippen LogP contribution in [0.15, 0.2) is 46.9 Å². The van der Waals surface area contributed by atoms with Crippen molar-refractivity contribution in [1.82, 2.24) is 4.57 Å². The molecule has 0 aliphatic rings. The van der Waals surface area contributed by atoms with E-state index in [0.717, 1.165) is 6.54 Å². The van der Waals surface area contributed by atoms with E-state index in [1.165, 1.54) is 11.3 Å². The summed E-state index contributed by atoms with van der Waals surface area (Å²) in [5, 5.41) is 1.89. The molecule has 2 aromatic rings. The second-order valence-corrected chi connectivity index (χ2v) is 4.14. The minimum atomic E-state index is -0.596. The number of hydrogen-bond donors (Lipinski definition) is 0. The first-order valence-corrected chi connectivity index (χ1v) is 6.13. The summed E-state index contributed by atoms with van der Waals surface area (Å²) >= 11 is 1.41. The van der Waals surface area contributed by atoms with E-state index in [1.807, 2.05) is 29.1 Å². The molecule has 1 aromatic heterocycles. The van der Waals surface area contributed by atoms with Crippen LogP contribution in [0.3, 0.4) is 0 Å². The number of nitrogens with zero attached hydrogens (tertiary/aromatic N) is 2. The fourth-order valence-corrected chi connectivity index (χ4v) is 2.10. The van der Waals surface area contributed by atoms with Gasteiger partial charge in [0, 0.05) is 18.1 Å². The summed E-state index contributed by atoms with van der Waals surface area (Å²) in [7, 11) is 0. The Kier molecular flexibility index (Phi) is 3.72. The molecule has 17 heavy (non-hydrogen) atoms. The molecular weight excluding hydrogens is 236 g/mol. The molecule has 4 nitrogen and oxygen atoms in total. The van der Waals surface area contributed by atoms with E-state index in [4.69, 9.17) is 4.74 Å². The Labute approximate surface area is 103 Å². The van der Waals surface area contributed by atoms with Crippen LogP contribution in [0.4, 0.5) is 4.79 Å². The van der Waals surface area contributed by atoms with Crippen LogP contribution in [-0.4, -0.2) is 10.7 Å². The van der Waals surface area contributed by atoms with Crippen molar-refractivity contribution in [2.45, 2.75) is 13.5 Å². The summed E-state index contributed by atoms with van der Waals surface area (Å²) in [5.74, 6) is 0.501. The van der Waals surface area contributed by atoms with Crippen molar-refractivity contribution in [1.29, 1.82) is 0 Å². The Morgan fingerprint density at radius 3 is 2.88 bits per heavy atom. The van der Waals surface area contributed by atoms with Crippen molar-refractivity contribution in [2.24, 2.45) is 4.99 Å². The number of amides is 1. The summed E-state index contributed by atoms with van der Waals surface area (Å²) in [6, 6.07) is 8.91. The molecule has 88 valence electrons. The highest BCUT2D eigenvalue weighted by Crippen LogP contribution is 2.08. The minimum absolute atomic E-state index is 0.501. The number of thiazole rings is 1. The van der Waals surface area contributed by atoms with Crippen LogP contribution in [0.5, 0.6) is 5.75 Å². The third-order valence-corrected chi connectivity index (χ3v) is 2.93. The number of rotatable bonds is 2. The first kappa shape index (κ1) is 11.6. The third-order valence-electron chi connectivity index (χ3n) is 2.14. The Morgan fingerprint density at radius 1 is 1.41 bits per heavy atom. The Morgan fingerprint density at radius 2 is 2.18 bits per heavy atom.